The van der Waals surface area contributed by atoms with Crippen molar-refractivity contribution in [1.29, 1.82) is 0 Å². The first-order valence-electron chi connectivity index (χ1n) is 7.03. The Morgan fingerprint density at radius 3 is 2.81 bits per heavy atom. The van der Waals surface area contributed by atoms with Crippen LogP contribution in [0.3, 0.4) is 0 Å². The molecular weight excluding hydrogens is 260 g/mol. The fourth-order valence-corrected chi connectivity index (χ4v) is 2.41. The van der Waals surface area contributed by atoms with Gasteiger partial charge in [0.1, 0.15) is 11.5 Å². The largest absolute Gasteiger partial charge is 0.457 e. The Hall–Kier alpha value is -2.39. The molecule has 2 aromatic carbocycles. The Morgan fingerprint density at radius 1 is 1.10 bits per heavy atom. The zero-order chi connectivity index (χ0) is 14.7. The predicted molar refractivity (Wildman–Crippen MR) is 85.8 cm³/mol. The number of pyridine rings is 1. The first kappa shape index (κ1) is 13.6. The number of benzene rings is 2. The van der Waals surface area contributed by atoms with Crippen molar-refractivity contribution in [2.24, 2.45) is 0 Å². The number of ether oxygens (including phenoxy) is 1. The summed E-state index contributed by atoms with van der Waals surface area (Å²) in [5.41, 5.74) is 3.45. The smallest absolute Gasteiger partial charge is 0.136 e. The summed E-state index contributed by atoms with van der Waals surface area (Å²) in [6.45, 7) is 2.97. The van der Waals surface area contributed by atoms with Crippen LogP contribution in [0.5, 0.6) is 11.5 Å². The van der Waals surface area contributed by atoms with Gasteiger partial charge >= 0.3 is 0 Å². The van der Waals surface area contributed by atoms with Gasteiger partial charge in [0.25, 0.3) is 0 Å². The number of hydrogen-bond acceptors (Lipinski definition) is 3. The van der Waals surface area contributed by atoms with Gasteiger partial charge in [-0.05, 0) is 61.5 Å². The van der Waals surface area contributed by atoms with E-state index in [1.165, 1.54) is 11.1 Å². The molecule has 0 unspecified atom stereocenters. The van der Waals surface area contributed by atoms with E-state index in [2.05, 4.69) is 29.4 Å². The second-order valence-corrected chi connectivity index (χ2v) is 5.05. The fraction of sp³-hybridized carbons (Fsp3) is 0.167. The molecule has 0 radical (unpaired) electrons. The standard InChI is InChI=1S/C18H18N2O/c1-13-11-15(9-8-14(13)12-19-2)21-18-7-3-6-17-16(18)5-4-10-20-17/h3-11,19H,12H2,1-2H3. The van der Waals surface area contributed by atoms with E-state index in [4.69, 9.17) is 4.74 Å². The molecular formula is C18H18N2O. The lowest BCUT2D eigenvalue weighted by atomic mass is 10.1. The maximum absolute atomic E-state index is 6.05. The van der Waals surface area contributed by atoms with Crippen LogP contribution in [0.15, 0.2) is 54.7 Å². The maximum Gasteiger partial charge on any atom is 0.136 e. The summed E-state index contributed by atoms with van der Waals surface area (Å²) in [6.07, 6.45) is 1.79. The maximum atomic E-state index is 6.05. The Morgan fingerprint density at radius 2 is 2.00 bits per heavy atom. The summed E-state index contributed by atoms with van der Waals surface area (Å²) in [5.74, 6) is 1.69. The fourth-order valence-electron chi connectivity index (χ4n) is 2.41. The van der Waals surface area contributed by atoms with Gasteiger partial charge in [0.15, 0.2) is 0 Å². The number of fused-ring (bicyclic) bond motifs is 1. The number of hydrogen-bond donors (Lipinski definition) is 1. The van der Waals surface area contributed by atoms with E-state index in [0.29, 0.717) is 0 Å². The molecule has 21 heavy (non-hydrogen) atoms. The minimum Gasteiger partial charge on any atom is -0.457 e. The van der Waals surface area contributed by atoms with Gasteiger partial charge in [0.05, 0.1) is 5.52 Å². The van der Waals surface area contributed by atoms with Gasteiger partial charge in [-0.1, -0.05) is 12.1 Å². The monoisotopic (exact) mass is 278 g/mol. The highest BCUT2D eigenvalue weighted by atomic mass is 16.5. The van der Waals surface area contributed by atoms with Crippen molar-refractivity contribution in [1.82, 2.24) is 10.3 Å². The average molecular weight is 278 g/mol. The third-order valence-electron chi connectivity index (χ3n) is 3.51. The molecule has 0 saturated heterocycles. The minimum absolute atomic E-state index is 0.835. The molecule has 0 atom stereocenters. The van der Waals surface area contributed by atoms with E-state index in [-0.39, 0.29) is 0 Å². The van der Waals surface area contributed by atoms with Crippen molar-refractivity contribution in [2.75, 3.05) is 7.05 Å². The Balaban J connectivity index is 1.93. The van der Waals surface area contributed by atoms with Crippen molar-refractivity contribution in [3.05, 3.63) is 65.9 Å². The minimum atomic E-state index is 0.835. The summed E-state index contributed by atoms with van der Waals surface area (Å²) in [6, 6.07) is 16.1. The highest BCUT2D eigenvalue weighted by molar-refractivity contribution is 5.85. The molecule has 0 spiro atoms. The van der Waals surface area contributed by atoms with Gasteiger partial charge in [-0.25, -0.2) is 0 Å². The van der Waals surface area contributed by atoms with Crippen LogP contribution in [0.1, 0.15) is 11.1 Å². The number of nitrogens with one attached hydrogen (secondary N) is 1. The SMILES string of the molecule is CNCc1ccc(Oc2cccc3ncccc23)cc1C. The molecule has 0 aliphatic heterocycles. The predicted octanol–water partition coefficient (Wildman–Crippen LogP) is 4.05. The number of rotatable bonds is 4. The molecule has 0 saturated carbocycles. The molecule has 0 amide bonds. The Bertz CT molecular complexity index is 763. The lowest BCUT2D eigenvalue weighted by molar-refractivity contribution is 0.487. The third-order valence-corrected chi connectivity index (χ3v) is 3.51. The normalized spacial score (nSPS) is 10.8. The lowest BCUT2D eigenvalue weighted by Gasteiger charge is -2.11. The third kappa shape index (κ3) is 2.88. The topological polar surface area (TPSA) is 34.1 Å². The highest BCUT2D eigenvalue weighted by Crippen LogP contribution is 2.29. The summed E-state index contributed by atoms with van der Waals surface area (Å²) in [5, 5.41) is 4.19. The lowest BCUT2D eigenvalue weighted by Crippen LogP contribution is -2.06. The molecule has 0 aliphatic carbocycles. The van der Waals surface area contributed by atoms with E-state index in [1.54, 1.807) is 6.20 Å². The molecule has 3 rings (SSSR count). The Labute approximate surface area is 124 Å². The second kappa shape index (κ2) is 5.94. The molecule has 106 valence electrons. The first-order chi connectivity index (χ1) is 10.3. The van der Waals surface area contributed by atoms with Gasteiger partial charge in [-0.3, -0.25) is 4.98 Å². The van der Waals surface area contributed by atoms with Gasteiger partial charge in [0, 0.05) is 18.1 Å². The van der Waals surface area contributed by atoms with Crippen LogP contribution < -0.4 is 10.1 Å². The average Bonchev–Trinajstić information content (AvgIpc) is 2.51. The van der Waals surface area contributed by atoms with Crippen molar-refractivity contribution in [2.45, 2.75) is 13.5 Å². The van der Waals surface area contributed by atoms with E-state index in [1.807, 2.05) is 43.4 Å². The summed E-state index contributed by atoms with van der Waals surface area (Å²) < 4.78 is 6.05. The highest BCUT2D eigenvalue weighted by Gasteiger charge is 2.05. The quantitative estimate of drug-likeness (QED) is 0.781. The second-order valence-electron chi connectivity index (χ2n) is 5.05. The van der Waals surface area contributed by atoms with Gasteiger partial charge in [-0.2, -0.15) is 0 Å². The van der Waals surface area contributed by atoms with Crippen molar-refractivity contribution < 1.29 is 4.74 Å². The van der Waals surface area contributed by atoms with Crippen molar-refractivity contribution >= 4 is 10.9 Å². The van der Waals surface area contributed by atoms with Gasteiger partial charge in [-0.15, -0.1) is 0 Å². The van der Waals surface area contributed by atoms with E-state index < -0.39 is 0 Å². The Kier molecular flexibility index (Phi) is 3.84. The van der Waals surface area contributed by atoms with Crippen molar-refractivity contribution in [3.8, 4) is 11.5 Å². The summed E-state index contributed by atoms with van der Waals surface area (Å²) >= 11 is 0. The van der Waals surface area contributed by atoms with Crippen LogP contribution >= 0.6 is 0 Å². The molecule has 0 bridgehead atoms. The van der Waals surface area contributed by atoms with E-state index >= 15 is 0 Å². The van der Waals surface area contributed by atoms with Crippen LogP contribution in [0.2, 0.25) is 0 Å². The molecule has 0 aliphatic rings. The molecule has 1 aromatic heterocycles. The van der Waals surface area contributed by atoms with Gasteiger partial charge in [0.2, 0.25) is 0 Å². The molecule has 3 aromatic rings. The number of aromatic nitrogens is 1. The molecule has 3 nitrogen and oxygen atoms in total. The molecule has 1 N–H and O–H groups in total. The van der Waals surface area contributed by atoms with Crippen LogP contribution in [-0.2, 0) is 6.54 Å². The van der Waals surface area contributed by atoms with Crippen molar-refractivity contribution in [3.63, 3.8) is 0 Å². The van der Waals surface area contributed by atoms with Crippen LogP contribution in [0.25, 0.3) is 10.9 Å². The molecule has 0 fully saturated rings. The van der Waals surface area contributed by atoms with Crippen LogP contribution in [0, 0.1) is 6.92 Å². The van der Waals surface area contributed by atoms with E-state index in [9.17, 15) is 0 Å². The van der Waals surface area contributed by atoms with Crippen LogP contribution in [0.4, 0.5) is 0 Å². The first-order valence-corrected chi connectivity index (χ1v) is 7.03. The van der Waals surface area contributed by atoms with Gasteiger partial charge < -0.3 is 10.1 Å². The molecule has 3 heteroatoms. The molecule has 1 heterocycles. The summed E-state index contributed by atoms with van der Waals surface area (Å²) in [4.78, 5) is 4.35. The zero-order valence-electron chi connectivity index (χ0n) is 12.3. The zero-order valence-corrected chi connectivity index (χ0v) is 12.3. The van der Waals surface area contributed by atoms with Crippen LogP contribution in [-0.4, -0.2) is 12.0 Å². The summed E-state index contributed by atoms with van der Waals surface area (Å²) in [7, 11) is 1.95. The van der Waals surface area contributed by atoms with E-state index in [0.717, 1.165) is 28.9 Å². The number of nitrogens with zero attached hydrogens (tertiary/aromatic N) is 1. The number of aryl methyl sites for hydroxylation is 1.